The molecule has 3 aliphatic heterocycles. The van der Waals surface area contributed by atoms with Crippen LogP contribution in [0.2, 0.25) is 0 Å². The molecule has 4 atom stereocenters. The Balaban J connectivity index is 1.43. The molecule has 3 saturated heterocycles. The zero-order valence-electron chi connectivity index (χ0n) is 24.5. The molecular formula is C30H31F6N7OS. The number of benzene rings is 2. The zero-order chi connectivity index (χ0) is 31.8. The van der Waals surface area contributed by atoms with Gasteiger partial charge in [-0.2, -0.15) is 23.1 Å². The van der Waals surface area contributed by atoms with Gasteiger partial charge in [-0.05, 0) is 57.5 Å². The van der Waals surface area contributed by atoms with Gasteiger partial charge >= 0.3 is 12.2 Å². The molecule has 7 rings (SSSR count). The number of nitrogens with zero attached hydrogens (tertiary/aromatic N) is 5. The van der Waals surface area contributed by atoms with Crippen molar-refractivity contribution in [3.05, 3.63) is 35.4 Å². The van der Waals surface area contributed by atoms with Crippen LogP contribution in [0.1, 0.15) is 38.2 Å². The van der Waals surface area contributed by atoms with Crippen LogP contribution in [-0.2, 0) is 6.18 Å². The third-order valence-electron chi connectivity index (χ3n) is 9.52. The molecule has 0 spiro atoms. The lowest BCUT2D eigenvalue weighted by Gasteiger charge is -2.32. The Morgan fingerprint density at radius 1 is 1.20 bits per heavy atom. The second kappa shape index (κ2) is 10.8. The van der Waals surface area contributed by atoms with Crippen molar-refractivity contribution in [1.29, 1.82) is 0 Å². The maximum absolute atomic E-state index is 16.8. The van der Waals surface area contributed by atoms with Gasteiger partial charge in [-0.1, -0.05) is 11.3 Å². The fourth-order valence-electron chi connectivity index (χ4n) is 7.38. The molecule has 0 amide bonds. The molecule has 8 nitrogen and oxygen atoms in total. The topological polar surface area (TPSA) is 92.4 Å². The third-order valence-corrected chi connectivity index (χ3v) is 10.4. The van der Waals surface area contributed by atoms with Crippen LogP contribution in [0.15, 0.2) is 18.2 Å². The number of aromatic nitrogens is 3. The van der Waals surface area contributed by atoms with E-state index in [1.54, 1.807) is 11.9 Å². The predicted octanol–water partition coefficient (Wildman–Crippen LogP) is 5.93. The Morgan fingerprint density at radius 2 is 2.00 bits per heavy atom. The van der Waals surface area contributed by atoms with Gasteiger partial charge in [-0.15, -0.1) is 0 Å². The van der Waals surface area contributed by atoms with Crippen LogP contribution in [0.4, 0.5) is 37.3 Å². The molecule has 1 unspecified atom stereocenters. The number of fused-ring (bicyclic) bond motifs is 3. The Kier molecular flexibility index (Phi) is 7.28. The maximum atomic E-state index is 16.8. The minimum atomic E-state index is -5.00. The fourth-order valence-corrected chi connectivity index (χ4v) is 8.15. The van der Waals surface area contributed by atoms with Crippen molar-refractivity contribution in [1.82, 2.24) is 25.2 Å². The summed E-state index contributed by atoms with van der Waals surface area (Å²) in [5.74, 6) is -1.94. The first-order chi connectivity index (χ1) is 21.4. The van der Waals surface area contributed by atoms with Crippen LogP contribution in [0.25, 0.3) is 32.2 Å². The largest absolute Gasteiger partial charge is 0.461 e. The van der Waals surface area contributed by atoms with Crippen molar-refractivity contribution >= 4 is 43.4 Å². The first-order valence-corrected chi connectivity index (χ1v) is 15.6. The Labute approximate surface area is 258 Å². The van der Waals surface area contributed by atoms with Gasteiger partial charge in [0.1, 0.15) is 29.9 Å². The highest BCUT2D eigenvalue weighted by atomic mass is 32.1. The van der Waals surface area contributed by atoms with Crippen LogP contribution in [0.3, 0.4) is 0 Å². The monoisotopic (exact) mass is 651 g/mol. The predicted molar refractivity (Wildman–Crippen MR) is 160 cm³/mol. The van der Waals surface area contributed by atoms with Crippen molar-refractivity contribution in [2.24, 2.45) is 0 Å². The summed E-state index contributed by atoms with van der Waals surface area (Å²) in [7, 11) is 1.70. The lowest BCUT2D eigenvalue weighted by molar-refractivity contribution is -0.137. The van der Waals surface area contributed by atoms with Gasteiger partial charge in [0.25, 0.3) is 0 Å². The Hall–Kier alpha value is -3.43. The first-order valence-electron chi connectivity index (χ1n) is 14.8. The number of nitrogens with two attached hydrogens (primary N) is 1. The number of thiazole rings is 1. The van der Waals surface area contributed by atoms with Crippen LogP contribution in [0, 0.1) is 11.6 Å². The standard InChI is InChI=1S/C30H31F6N7OS/c1-14-20(6-8-38-14)42(2)26-17-10-18(30(34,35)36)21(16-4-5-19(32)25-24(16)39-27(37)45-25)22(33)23(17)40-28(41-26)44-13-29-7-3-9-43(29)12-15(31)11-29/h4-5,10,14-15,20,38H,3,6-9,11-13H2,1-2H3,(H2,37,39)/t14-,15+,20?,29-/m0/s1. The number of alkyl halides is 4. The van der Waals surface area contributed by atoms with E-state index in [0.717, 1.165) is 42.5 Å². The summed E-state index contributed by atoms with van der Waals surface area (Å²) < 4.78 is 96.0. The molecule has 0 saturated carbocycles. The molecule has 5 heterocycles. The molecule has 0 aliphatic carbocycles. The summed E-state index contributed by atoms with van der Waals surface area (Å²) >= 11 is 0.758. The van der Waals surface area contributed by atoms with E-state index >= 15 is 4.39 Å². The molecule has 3 aliphatic rings. The molecule has 3 N–H and O–H groups in total. The van der Waals surface area contributed by atoms with Gasteiger partial charge in [0.05, 0.1) is 21.3 Å². The van der Waals surface area contributed by atoms with Crippen molar-refractivity contribution in [3.63, 3.8) is 0 Å². The molecule has 2 aromatic carbocycles. The second-order valence-electron chi connectivity index (χ2n) is 12.2. The van der Waals surface area contributed by atoms with E-state index in [4.69, 9.17) is 10.5 Å². The number of anilines is 2. The summed E-state index contributed by atoms with van der Waals surface area (Å²) in [6.07, 6.45) is -3.46. The number of rotatable bonds is 6. The van der Waals surface area contributed by atoms with E-state index in [1.807, 2.05) is 11.8 Å². The number of hydrogen-bond donors (Lipinski definition) is 2. The Bertz CT molecular complexity index is 1800. The number of halogens is 6. The van der Waals surface area contributed by atoms with Gasteiger partial charge in [0, 0.05) is 48.6 Å². The van der Waals surface area contributed by atoms with Crippen LogP contribution in [-0.4, -0.2) is 76.9 Å². The number of ether oxygens (including phenoxy) is 1. The van der Waals surface area contributed by atoms with Crippen LogP contribution < -0.4 is 20.7 Å². The highest BCUT2D eigenvalue weighted by Crippen LogP contribution is 2.46. The third kappa shape index (κ3) is 5.03. The Morgan fingerprint density at radius 3 is 2.73 bits per heavy atom. The summed E-state index contributed by atoms with van der Waals surface area (Å²) in [5, 5.41) is 3.09. The molecule has 0 bridgehead atoms. The molecular weight excluding hydrogens is 620 g/mol. The van der Waals surface area contributed by atoms with Gasteiger partial charge in [0.15, 0.2) is 10.9 Å². The normalized spacial score (nSPS) is 25.5. The quantitative estimate of drug-likeness (QED) is 0.248. The average Bonchev–Trinajstić information content (AvgIpc) is 3.75. The SMILES string of the molecule is C[C@@H]1NCCC1N(C)c1nc(OC[C@@]23CCCN2C[C@H](F)C3)nc2c(F)c(-c3ccc(F)c4sc(N)nc34)c(C(F)(F)F)cc12. The van der Waals surface area contributed by atoms with Crippen molar-refractivity contribution in [3.8, 4) is 17.1 Å². The smallest absolute Gasteiger partial charge is 0.417 e. The molecule has 2 aromatic heterocycles. The van der Waals surface area contributed by atoms with Crippen LogP contribution >= 0.6 is 11.3 Å². The second-order valence-corrected chi connectivity index (χ2v) is 13.3. The number of likely N-dealkylation sites (N-methyl/N-ethyl adjacent to an activating group) is 1. The molecule has 4 aromatic rings. The minimum absolute atomic E-state index is 0.0240. The summed E-state index contributed by atoms with van der Waals surface area (Å²) in [5.41, 5.74) is 2.29. The minimum Gasteiger partial charge on any atom is -0.461 e. The van der Waals surface area contributed by atoms with E-state index in [2.05, 4.69) is 20.3 Å². The average molecular weight is 652 g/mol. The van der Waals surface area contributed by atoms with Crippen molar-refractivity contribution < 1.29 is 31.1 Å². The maximum Gasteiger partial charge on any atom is 0.417 e. The van der Waals surface area contributed by atoms with Gasteiger partial charge in [0.2, 0.25) is 0 Å². The number of nitrogens with one attached hydrogen (secondary N) is 1. The molecule has 240 valence electrons. The summed E-state index contributed by atoms with van der Waals surface area (Å²) in [4.78, 5) is 16.7. The molecule has 15 heteroatoms. The van der Waals surface area contributed by atoms with Crippen LogP contribution in [0.5, 0.6) is 6.01 Å². The molecule has 3 fully saturated rings. The number of nitrogen functional groups attached to an aromatic ring is 1. The lowest BCUT2D eigenvalue weighted by Crippen LogP contribution is -2.43. The summed E-state index contributed by atoms with van der Waals surface area (Å²) in [6, 6.07) is 2.46. The van der Waals surface area contributed by atoms with E-state index in [0.29, 0.717) is 25.9 Å². The zero-order valence-corrected chi connectivity index (χ0v) is 25.3. The van der Waals surface area contributed by atoms with Gasteiger partial charge < -0.3 is 20.7 Å². The molecule has 45 heavy (non-hydrogen) atoms. The summed E-state index contributed by atoms with van der Waals surface area (Å²) in [6.45, 7) is 3.72. The van der Waals surface area contributed by atoms with Crippen molar-refractivity contribution in [2.75, 3.05) is 43.9 Å². The lowest BCUT2D eigenvalue weighted by atomic mass is 9.94. The fraction of sp³-hybridized carbons (Fsp3) is 0.500. The van der Waals surface area contributed by atoms with E-state index in [9.17, 15) is 22.0 Å². The van der Waals surface area contributed by atoms with Gasteiger partial charge in [-0.25, -0.2) is 18.2 Å². The van der Waals surface area contributed by atoms with E-state index < -0.39 is 40.6 Å². The number of hydrogen-bond acceptors (Lipinski definition) is 9. The van der Waals surface area contributed by atoms with Gasteiger partial charge in [-0.3, -0.25) is 4.90 Å². The van der Waals surface area contributed by atoms with E-state index in [1.165, 1.54) is 0 Å². The van der Waals surface area contributed by atoms with Crippen molar-refractivity contribution in [2.45, 2.75) is 62.6 Å². The van der Waals surface area contributed by atoms with E-state index in [-0.39, 0.29) is 68.8 Å². The first kappa shape index (κ1) is 30.2. The highest BCUT2D eigenvalue weighted by molar-refractivity contribution is 7.22. The highest BCUT2D eigenvalue weighted by Gasteiger charge is 2.49. The molecule has 0 radical (unpaired) electrons.